The van der Waals surface area contributed by atoms with E-state index >= 15 is 0 Å². The molecule has 0 heterocycles. The van der Waals surface area contributed by atoms with Crippen LogP contribution in [-0.4, -0.2) is 44.3 Å². The van der Waals surface area contributed by atoms with E-state index in [9.17, 15) is 19.2 Å². The summed E-state index contributed by atoms with van der Waals surface area (Å²) in [6.07, 6.45) is 0. The van der Waals surface area contributed by atoms with Crippen molar-refractivity contribution in [1.82, 2.24) is 0 Å². The van der Waals surface area contributed by atoms with Crippen molar-refractivity contribution in [3.05, 3.63) is 72.8 Å². The molecule has 26 heavy (non-hydrogen) atoms. The fourth-order valence-corrected chi connectivity index (χ4v) is 1.32. The van der Waals surface area contributed by atoms with Crippen LogP contribution >= 0.6 is 0 Å². The quantitative estimate of drug-likeness (QED) is 0.368. The van der Waals surface area contributed by atoms with Gasteiger partial charge in [0.2, 0.25) is 0 Å². The van der Waals surface area contributed by atoms with E-state index in [2.05, 4.69) is 61.7 Å². The highest BCUT2D eigenvalue weighted by molar-refractivity contribution is 6.12. The van der Waals surface area contributed by atoms with E-state index in [-0.39, 0.29) is 0 Å². The molecule has 0 amide bonds. The summed E-state index contributed by atoms with van der Waals surface area (Å²) in [6, 6.07) is 16.7. The van der Waals surface area contributed by atoms with Crippen LogP contribution < -0.4 is 0 Å². The fourth-order valence-electron chi connectivity index (χ4n) is 1.32. The van der Waals surface area contributed by atoms with Crippen LogP contribution in [0, 0.1) is 0 Å². The second-order valence-electron chi connectivity index (χ2n) is 4.52. The first-order valence-corrected chi connectivity index (χ1v) is 6.82. The smallest absolute Gasteiger partial charge is 0.342 e. The van der Waals surface area contributed by atoms with Gasteiger partial charge in [-0.3, -0.25) is 0 Å². The molecule has 0 aliphatic heterocycles. The molecule has 0 aromatic heterocycles. The van der Waals surface area contributed by atoms with Crippen LogP contribution in [0.3, 0.4) is 0 Å². The Balaban J connectivity index is 0.000000366. The van der Waals surface area contributed by atoms with Crippen molar-refractivity contribution in [2.45, 2.75) is 0 Å². The maximum atomic E-state index is 9.66. The third-order valence-corrected chi connectivity index (χ3v) is 2.69. The zero-order valence-electron chi connectivity index (χ0n) is 13.5. The Morgan fingerprint density at radius 1 is 0.538 bits per heavy atom. The van der Waals surface area contributed by atoms with Gasteiger partial charge in [-0.2, -0.15) is 0 Å². The summed E-state index contributed by atoms with van der Waals surface area (Å²) in [5, 5.41) is 34.1. The molecule has 0 saturated heterocycles. The lowest BCUT2D eigenvalue weighted by Gasteiger charge is -1.92. The van der Waals surface area contributed by atoms with Crippen molar-refractivity contribution >= 4 is 34.6 Å². The Kier molecular flexibility index (Phi) is 9.13. The lowest BCUT2D eigenvalue weighted by molar-refractivity contribution is -0.142. The summed E-state index contributed by atoms with van der Waals surface area (Å²) in [5.41, 5.74) is -1.63. The highest BCUT2D eigenvalue weighted by Gasteiger charge is 2.11. The molecule has 136 valence electrons. The highest BCUT2D eigenvalue weighted by atomic mass is 16.4. The van der Waals surface area contributed by atoms with E-state index in [1.807, 2.05) is 0 Å². The van der Waals surface area contributed by atoms with Crippen molar-refractivity contribution in [3.8, 4) is 0 Å². The SMILES string of the molecule is C=C(C(=O)O)C(=O)O.C=C(C(=O)O)C(=O)O.c1ccc2ccccc2c1. The van der Waals surface area contributed by atoms with Gasteiger partial charge in [0, 0.05) is 0 Å². The van der Waals surface area contributed by atoms with Crippen LogP contribution in [0.25, 0.3) is 10.8 Å². The van der Waals surface area contributed by atoms with Gasteiger partial charge in [0.25, 0.3) is 0 Å². The number of rotatable bonds is 4. The lowest BCUT2D eigenvalue weighted by Crippen LogP contribution is -2.08. The molecule has 0 unspecified atom stereocenters. The minimum atomic E-state index is -1.50. The topological polar surface area (TPSA) is 149 Å². The number of hydrogen-bond donors (Lipinski definition) is 4. The van der Waals surface area contributed by atoms with Crippen LogP contribution in [0.15, 0.2) is 72.8 Å². The molecule has 0 bridgehead atoms. The fraction of sp³-hybridized carbons (Fsp3) is 0. The molecule has 0 saturated carbocycles. The largest absolute Gasteiger partial charge is 0.477 e. The second kappa shape index (κ2) is 10.8. The van der Waals surface area contributed by atoms with Crippen molar-refractivity contribution in [1.29, 1.82) is 0 Å². The predicted molar refractivity (Wildman–Crippen MR) is 92.8 cm³/mol. The maximum Gasteiger partial charge on any atom is 0.342 e. The van der Waals surface area contributed by atoms with E-state index in [1.54, 1.807) is 0 Å². The molecule has 0 atom stereocenters. The van der Waals surface area contributed by atoms with Crippen LogP contribution in [0.4, 0.5) is 0 Å². The van der Waals surface area contributed by atoms with Gasteiger partial charge in [0.1, 0.15) is 11.1 Å². The monoisotopic (exact) mass is 360 g/mol. The number of benzene rings is 2. The summed E-state index contributed by atoms with van der Waals surface area (Å²) < 4.78 is 0. The normalized spacial score (nSPS) is 8.77. The minimum absolute atomic E-state index is 0.815. The van der Waals surface area contributed by atoms with Crippen LogP contribution in [0.5, 0.6) is 0 Å². The molecule has 2 rings (SSSR count). The molecule has 2 aromatic carbocycles. The number of carboxylic acids is 4. The molecular weight excluding hydrogens is 344 g/mol. The molecule has 8 heteroatoms. The van der Waals surface area contributed by atoms with Gasteiger partial charge in [-0.15, -0.1) is 0 Å². The van der Waals surface area contributed by atoms with E-state index in [4.69, 9.17) is 20.4 Å². The summed E-state index contributed by atoms with van der Waals surface area (Å²) >= 11 is 0. The molecule has 0 fully saturated rings. The standard InChI is InChI=1S/C10H8.2C4H4O4/c1-2-6-10-8-4-3-7-9(10)5-1;2*1-2(3(5)6)4(7)8/h1-8H;2*1H2,(H,5,6)(H,7,8). The minimum Gasteiger partial charge on any atom is -0.477 e. The average Bonchev–Trinajstić information content (AvgIpc) is 2.61. The lowest BCUT2D eigenvalue weighted by atomic mass is 10.1. The van der Waals surface area contributed by atoms with Crippen molar-refractivity contribution in [3.63, 3.8) is 0 Å². The third-order valence-electron chi connectivity index (χ3n) is 2.69. The van der Waals surface area contributed by atoms with Gasteiger partial charge in [0.05, 0.1) is 0 Å². The summed E-state index contributed by atoms with van der Waals surface area (Å²) in [6.45, 7) is 5.51. The van der Waals surface area contributed by atoms with E-state index in [0.717, 1.165) is 0 Å². The van der Waals surface area contributed by atoms with E-state index < -0.39 is 35.0 Å². The molecule has 4 N–H and O–H groups in total. The summed E-state index contributed by atoms with van der Waals surface area (Å²) in [5.74, 6) is -6.01. The first-order valence-electron chi connectivity index (χ1n) is 6.82. The number of carbonyl (C=O) groups is 4. The Morgan fingerprint density at radius 3 is 0.846 bits per heavy atom. The van der Waals surface area contributed by atoms with Gasteiger partial charge in [-0.1, -0.05) is 61.7 Å². The van der Waals surface area contributed by atoms with E-state index in [0.29, 0.717) is 0 Å². The van der Waals surface area contributed by atoms with Crippen molar-refractivity contribution < 1.29 is 39.6 Å². The summed E-state index contributed by atoms with van der Waals surface area (Å²) in [7, 11) is 0. The Bertz CT molecular complexity index is 718. The van der Waals surface area contributed by atoms with Crippen molar-refractivity contribution in [2.75, 3.05) is 0 Å². The van der Waals surface area contributed by atoms with Gasteiger partial charge in [-0.25, -0.2) is 19.2 Å². The second-order valence-corrected chi connectivity index (χ2v) is 4.52. The zero-order chi connectivity index (χ0) is 20.3. The number of aliphatic carboxylic acids is 4. The third kappa shape index (κ3) is 8.06. The first-order chi connectivity index (χ1) is 12.1. The molecule has 0 aliphatic rings. The van der Waals surface area contributed by atoms with Gasteiger partial charge >= 0.3 is 23.9 Å². The van der Waals surface area contributed by atoms with Crippen LogP contribution in [0.1, 0.15) is 0 Å². The molecule has 0 aliphatic carbocycles. The number of carboxylic acid groups (broad SMARTS) is 4. The van der Waals surface area contributed by atoms with Gasteiger partial charge < -0.3 is 20.4 Å². The van der Waals surface area contributed by atoms with Gasteiger partial charge in [-0.05, 0) is 10.8 Å². The maximum absolute atomic E-state index is 9.66. The summed E-state index contributed by atoms with van der Waals surface area (Å²) in [4.78, 5) is 38.6. The average molecular weight is 360 g/mol. The van der Waals surface area contributed by atoms with E-state index in [1.165, 1.54) is 10.8 Å². The van der Waals surface area contributed by atoms with Crippen LogP contribution in [-0.2, 0) is 19.2 Å². The zero-order valence-corrected chi connectivity index (χ0v) is 13.5. The highest BCUT2D eigenvalue weighted by Crippen LogP contribution is 2.11. The molecule has 2 aromatic rings. The molecular formula is C18H16O8. The first kappa shape index (κ1) is 22.1. The predicted octanol–water partition coefficient (Wildman–Crippen LogP) is 2.26. The molecule has 0 spiro atoms. The van der Waals surface area contributed by atoms with Gasteiger partial charge in [0.15, 0.2) is 0 Å². The molecule has 8 nitrogen and oxygen atoms in total. The number of fused-ring (bicyclic) bond motifs is 1. The Labute approximate surface area is 147 Å². The van der Waals surface area contributed by atoms with Crippen molar-refractivity contribution in [2.24, 2.45) is 0 Å². The molecule has 0 radical (unpaired) electrons. The van der Waals surface area contributed by atoms with Crippen LogP contribution in [0.2, 0.25) is 0 Å². The Morgan fingerprint density at radius 2 is 0.731 bits per heavy atom. The number of hydrogen-bond acceptors (Lipinski definition) is 4. The Hall–Kier alpha value is -3.94.